The fourth-order valence-electron chi connectivity index (χ4n) is 5.89. The molecule has 2 aliphatic rings. The first-order valence-corrected chi connectivity index (χ1v) is 13.8. The number of aromatic nitrogens is 1. The molecular formula is C29H37BrN2O4. The zero-order chi connectivity index (χ0) is 25.7. The van der Waals surface area contributed by atoms with Crippen LogP contribution in [0.1, 0.15) is 68.4 Å². The summed E-state index contributed by atoms with van der Waals surface area (Å²) in [6.45, 7) is 2.79. The molecule has 0 atom stereocenters. The van der Waals surface area contributed by atoms with Gasteiger partial charge in [-0.2, -0.15) is 0 Å². The summed E-state index contributed by atoms with van der Waals surface area (Å²) in [4.78, 5) is 32.2. The van der Waals surface area contributed by atoms with Gasteiger partial charge in [0, 0.05) is 23.1 Å². The van der Waals surface area contributed by atoms with E-state index in [1.54, 1.807) is 13.3 Å². The number of methoxy groups -OCH3 is 2. The Kier molecular flexibility index (Phi) is 9.04. The molecule has 1 aromatic carbocycles. The maximum Gasteiger partial charge on any atom is 0.308 e. The summed E-state index contributed by atoms with van der Waals surface area (Å²) in [6, 6.07) is 10.4. The first-order valence-electron chi connectivity index (χ1n) is 13.0. The van der Waals surface area contributed by atoms with E-state index >= 15 is 0 Å². The van der Waals surface area contributed by atoms with Crippen molar-refractivity contribution >= 4 is 33.6 Å². The number of benzene rings is 1. The minimum Gasteiger partial charge on any atom is -0.496 e. The molecule has 2 fully saturated rings. The highest BCUT2D eigenvalue weighted by atomic mass is 79.9. The lowest BCUT2D eigenvalue weighted by molar-refractivity contribution is -0.147. The van der Waals surface area contributed by atoms with Gasteiger partial charge in [-0.1, -0.05) is 28.1 Å². The zero-order valence-corrected chi connectivity index (χ0v) is 23.1. The zero-order valence-electron chi connectivity index (χ0n) is 21.5. The van der Waals surface area contributed by atoms with Crippen LogP contribution in [0.4, 0.5) is 5.82 Å². The Labute approximate surface area is 222 Å². The number of nitrogens with zero attached hydrogens (tertiary/aromatic N) is 2. The van der Waals surface area contributed by atoms with Gasteiger partial charge in [0.25, 0.3) is 0 Å². The number of carbonyl (C=O) groups is 2. The molecule has 0 unspecified atom stereocenters. The predicted octanol–water partition coefficient (Wildman–Crippen LogP) is 6.45. The van der Waals surface area contributed by atoms with Crippen LogP contribution in [0.5, 0.6) is 5.75 Å². The van der Waals surface area contributed by atoms with Crippen LogP contribution in [0.2, 0.25) is 0 Å². The van der Waals surface area contributed by atoms with Crippen LogP contribution in [-0.4, -0.2) is 37.6 Å². The molecule has 2 aliphatic carbocycles. The van der Waals surface area contributed by atoms with Crippen molar-refractivity contribution < 1.29 is 19.1 Å². The van der Waals surface area contributed by atoms with Gasteiger partial charge in [0.05, 0.1) is 20.1 Å². The lowest BCUT2D eigenvalue weighted by Gasteiger charge is -2.35. The Bertz CT molecular complexity index is 1060. The molecule has 1 amide bonds. The number of aryl methyl sites for hydroxylation is 1. The summed E-state index contributed by atoms with van der Waals surface area (Å²) in [6.07, 6.45) is 9.00. The van der Waals surface area contributed by atoms with Crippen molar-refractivity contribution in [1.82, 2.24) is 4.98 Å². The highest BCUT2D eigenvalue weighted by Crippen LogP contribution is 2.39. The second kappa shape index (κ2) is 12.2. The summed E-state index contributed by atoms with van der Waals surface area (Å²) >= 11 is 3.54. The van der Waals surface area contributed by atoms with Crippen molar-refractivity contribution in [3.63, 3.8) is 0 Å². The number of rotatable bonds is 7. The third-order valence-corrected chi connectivity index (χ3v) is 8.53. The number of esters is 1. The van der Waals surface area contributed by atoms with E-state index < -0.39 is 0 Å². The number of ether oxygens (including phenoxy) is 2. The van der Waals surface area contributed by atoms with Crippen molar-refractivity contribution in [2.75, 3.05) is 25.7 Å². The van der Waals surface area contributed by atoms with Crippen LogP contribution in [0, 0.1) is 24.7 Å². The smallest absolute Gasteiger partial charge is 0.308 e. The molecule has 1 aromatic heterocycles. The van der Waals surface area contributed by atoms with Crippen LogP contribution >= 0.6 is 15.9 Å². The van der Waals surface area contributed by atoms with E-state index in [4.69, 9.17) is 9.47 Å². The normalized spacial score (nSPS) is 24.1. The molecule has 0 spiro atoms. The monoisotopic (exact) mass is 556 g/mol. The van der Waals surface area contributed by atoms with Crippen LogP contribution in [0.25, 0.3) is 0 Å². The fraction of sp³-hybridized carbons (Fsp3) is 0.552. The molecule has 6 nitrogen and oxygen atoms in total. The first kappa shape index (κ1) is 26.6. The van der Waals surface area contributed by atoms with E-state index in [1.807, 2.05) is 17.0 Å². The van der Waals surface area contributed by atoms with Gasteiger partial charge in [-0.25, -0.2) is 4.98 Å². The Hall–Kier alpha value is -2.41. The third-order valence-electron chi connectivity index (χ3n) is 8.04. The Balaban J connectivity index is 1.42. The molecule has 2 saturated carbocycles. The summed E-state index contributed by atoms with van der Waals surface area (Å²) in [5, 5.41) is 0. The van der Waals surface area contributed by atoms with Crippen molar-refractivity contribution in [2.45, 2.75) is 64.2 Å². The number of carbonyl (C=O) groups excluding carboxylic acids is 2. The van der Waals surface area contributed by atoms with E-state index in [1.165, 1.54) is 18.2 Å². The molecule has 194 valence electrons. The number of amides is 1. The van der Waals surface area contributed by atoms with Crippen LogP contribution in [0.3, 0.4) is 0 Å². The number of hydrogen-bond acceptors (Lipinski definition) is 5. The number of pyridine rings is 1. The Morgan fingerprint density at radius 1 is 0.972 bits per heavy atom. The third kappa shape index (κ3) is 6.28. The second-order valence-electron chi connectivity index (χ2n) is 10.3. The van der Waals surface area contributed by atoms with E-state index in [2.05, 4.69) is 46.0 Å². The van der Waals surface area contributed by atoms with E-state index in [0.29, 0.717) is 49.9 Å². The minimum atomic E-state index is -0.157. The van der Waals surface area contributed by atoms with Gasteiger partial charge in [-0.15, -0.1) is 0 Å². The molecule has 0 radical (unpaired) electrons. The minimum absolute atomic E-state index is 0.0784. The summed E-state index contributed by atoms with van der Waals surface area (Å²) in [5.74, 6) is 2.44. The topological polar surface area (TPSA) is 68.7 Å². The Morgan fingerprint density at radius 2 is 1.67 bits per heavy atom. The van der Waals surface area contributed by atoms with Crippen LogP contribution < -0.4 is 9.64 Å². The highest BCUT2D eigenvalue weighted by molar-refractivity contribution is 9.10. The average Bonchev–Trinajstić information content (AvgIpc) is 2.91. The Morgan fingerprint density at radius 3 is 2.28 bits per heavy atom. The number of halogens is 1. The van der Waals surface area contributed by atoms with E-state index in [0.717, 1.165) is 35.9 Å². The van der Waals surface area contributed by atoms with Gasteiger partial charge in [-0.05, 0) is 99.5 Å². The lowest BCUT2D eigenvalue weighted by Crippen LogP contribution is -2.42. The first-order chi connectivity index (χ1) is 17.4. The molecule has 0 N–H and O–H groups in total. The van der Waals surface area contributed by atoms with Gasteiger partial charge >= 0.3 is 5.97 Å². The molecule has 1 heterocycles. The molecule has 36 heavy (non-hydrogen) atoms. The predicted molar refractivity (Wildman–Crippen MR) is 144 cm³/mol. The molecular weight excluding hydrogens is 520 g/mol. The lowest BCUT2D eigenvalue weighted by atomic mass is 9.78. The van der Waals surface area contributed by atoms with Gasteiger partial charge in [0.1, 0.15) is 11.6 Å². The van der Waals surface area contributed by atoms with Crippen molar-refractivity contribution in [2.24, 2.45) is 17.8 Å². The van der Waals surface area contributed by atoms with Crippen molar-refractivity contribution in [1.29, 1.82) is 0 Å². The van der Waals surface area contributed by atoms with E-state index in [-0.39, 0.29) is 23.7 Å². The standard InChI is InChI=1S/C29H37BrN2O4/c1-19-16-24(12-13-26(19)35-2)21-6-4-20(5-7-21)18-32(27-17-25(30)14-15-31-27)28(33)22-8-10-23(11-9-22)29(34)36-3/h12-17,20-23H,4-11,18H2,1-3H3. The largest absolute Gasteiger partial charge is 0.496 e. The van der Waals surface area contributed by atoms with Gasteiger partial charge in [0.2, 0.25) is 5.91 Å². The summed E-state index contributed by atoms with van der Waals surface area (Å²) in [7, 11) is 3.15. The molecule has 0 saturated heterocycles. The second-order valence-corrected chi connectivity index (χ2v) is 11.2. The van der Waals surface area contributed by atoms with Gasteiger partial charge < -0.3 is 9.47 Å². The summed E-state index contributed by atoms with van der Waals surface area (Å²) < 4.78 is 11.3. The quantitative estimate of drug-likeness (QED) is 0.366. The number of anilines is 1. The fourth-order valence-corrected chi connectivity index (χ4v) is 6.22. The molecule has 0 bridgehead atoms. The molecule has 4 rings (SSSR count). The number of hydrogen-bond donors (Lipinski definition) is 0. The highest BCUT2D eigenvalue weighted by Gasteiger charge is 2.35. The van der Waals surface area contributed by atoms with Crippen molar-refractivity contribution in [3.05, 3.63) is 52.1 Å². The maximum atomic E-state index is 13.8. The van der Waals surface area contributed by atoms with E-state index in [9.17, 15) is 9.59 Å². The SMILES string of the molecule is COC(=O)C1CCC(C(=O)N(CC2CCC(c3ccc(OC)c(C)c3)CC2)c2cc(Br)ccn2)CC1. The molecule has 0 aliphatic heterocycles. The summed E-state index contributed by atoms with van der Waals surface area (Å²) in [5.41, 5.74) is 2.56. The van der Waals surface area contributed by atoms with Gasteiger partial charge in [0.15, 0.2) is 0 Å². The van der Waals surface area contributed by atoms with Crippen LogP contribution in [-0.2, 0) is 14.3 Å². The maximum absolute atomic E-state index is 13.8. The van der Waals surface area contributed by atoms with Crippen molar-refractivity contribution in [3.8, 4) is 5.75 Å². The van der Waals surface area contributed by atoms with Gasteiger partial charge in [-0.3, -0.25) is 14.5 Å². The molecule has 2 aromatic rings. The average molecular weight is 558 g/mol. The van der Waals surface area contributed by atoms with Crippen LogP contribution in [0.15, 0.2) is 41.0 Å². The molecule has 7 heteroatoms.